The highest BCUT2D eigenvalue weighted by Crippen LogP contribution is 2.40. The summed E-state index contributed by atoms with van der Waals surface area (Å²) in [6, 6.07) is 0.262. The van der Waals surface area contributed by atoms with Crippen LogP contribution in [0.15, 0.2) is 12.1 Å². The maximum atomic E-state index is 13.9. The molecule has 1 fully saturated rings. The van der Waals surface area contributed by atoms with E-state index in [0.717, 1.165) is 30.3 Å². The molecule has 5 nitrogen and oxygen atoms in total. The number of carbonyl (C=O) groups is 1. The minimum absolute atomic E-state index is 0. The molecular weight excluding hydrogens is 486 g/mol. The van der Waals surface area contributed by atoms with Gasteiger partial charge >= 0.3 is 6.18 Å². The first kappa shape index (κ1) is 26.3. The van der Waals surface area contributed by atoms with Gasteiger partial charge in [-0.1, -0.05) is 12.8 Å². The molecule has 1 amide bonds. The van der Waals surface area contributed by atoms with Crippen LogP contribution < -0.4 is 5.73 Å². The van der Waals surface area contributed by atoms with Crippen LogP contribution in [0.1, 0.15) is 60.8 Å². The molecule has 0 unspecified atom stereocenters. The van der Waals surface area contributed by atoms with Crippen molar-refractivity contribution < 1.29 is 31.1 Å². The van der Waals surface area contributed by atoms with Gasteiger partial charge in [-0.3, -0.25) is 4.79 Å². The fraction of sp³-hybridized carbons (Fsp3) is 0.545. The summed E-state index contributed by atoms with van der Waals surface area (Å²) in [5.41, 5.74) is 6.62. The number of hydrogen-bond acceptors (Lipinski definition) is 3. The molecule has 2 N–H and O–H groups in total. The number of hydrogen-bond donors (Lipinski definition) is 1. The Morgan fingerprint density at radius 2 is 1.74 bits per heavy atom. The molecule has 34 heavy (non-hydrogen) atoms. The van der Waals surface area contributed by atoms with Gasteiger partial charge in [0.25, 0.3) is 0 Å². The number of carbonyl (C=O) groups excluding carboxylic acids is 1. The van der Waals surface area contributed by atoms with E-state index in [9.17, 15) is 31.1 Å². The van der Waals surface area contributed by atoms with Crippen LogP contribution in [0.4, 0.5) is 26.3 Å². The second kappa shape index (κ2) is 10.2. The number of imidazole rings is 1. The summed E-state index contributed by atoms with van der Waals surface area (Å²) in [6.07, 6.45) is -1.61. The van der Waals surface area contributed by atoms with Gasteiger partial charge in [-0.25, -0.2) is 18.2 Å². The van der Waals surface area contributed by atoms with Crippen LogP contribution in [-0.2, 0) is 30.5 Å². The van der Waals surface area contributed by atoms with Crippen LogP contribution in [0, 0.1) is 17.5 Å². The Bertz CT molecular complexity index is 1050. The summed E-state index contributed by atoms with van der Waals surface area (Å²) in [5, 5.41) is 0. The summed E-state index contributed by atoms with van der Waals surface area (Å²) >= 11 is 0. The molecule has 1 atom stereocenters. The van der Waals surface area contributed by atoms with Crippen LogP contribution in [0.25, 0.3) is 0 Å². The van der Waals surface area contributed by atoms with Gasteiger partial charge in [-0.05, 0) is 30.9 Å². The molecule has 1 saturated carbocycles. The SMILES string of the molecule is Cl.N[C@@H](CC(=O)N1CCn2c(C(F)(F)F)nc(C3CCCC3)c2C1)Cc1cc(F)c(F)cc1F. The second-order valence-electron chi connectivity index (χ2n) is 8.74. The summed E-state index contributed by atoms with van der Waals surface area (Å²) in [4.78, 5) is 18.2. The van der Waals surface area contributed by atoms with Gasteiger partial charge in [0.15, 0.2) is 11.6 Å². The Hall–Kier alpha value is -2.27. The van der Waals surface area contributed by atoms with Crippen molar-refractivity contribution in [1.29, 1.82) is 0 Å². The highest BCUT2D eigenvalue weighted by Gasteiger charge is 2.42. The Labute approximate surface area is 198 Å². The van der Waals surface area contributed by atoms with E-state index < -0.39 is 41.4 Å². The molecule has 2 aromatic rings. The molecule has 2 heterocycles. The van der Waals surface area contributed by atoms with Gasteiger partial charge in [-0.2, -0.15) is 13.2 Å². The largest absolute Gasteiger partial charge is 0.449 e. The lowest BCUT2D eigenvalue weighted by Crippen LogP contribution is -2.42. The van der Waals surface area contributed by atoms with Crippen molar-refractivity contribution in [2.75, 3.05) is 6.54 Å². The number of alkyl halides is 3. The number of benzene rings is 1. The fourth-order valence-corrected chi connectivity index (χ4v) is 4.78. The molecule has 4 rings (SSSR count). The van der Waals surface area contributed by atoms with Gasteiger partial charge < -0.3 is 15.2 Å². The molecule has 1 aromatic carbocycles. The molecule has 188 valence electrons. The zero-order valence-corrected chi connectivity index (χ0v) is 19.0. The van der Waals surface area contributed by atoms with E-state index in [0.29, 0.717) is 23.5 Å². The zero-order valence-electron chi connectivity index (χ0n) is 18.2. The van der Waals surface area contributed by atoms with E-state index in [1.807, 2.05) is 0 Å². The first-order valence-corrected chi connectivity index (χ1v) is 10.9. The van der Waals surface area contributed by atoms with E-state index in [1.54, 1.807) is 0 Å². The van der Waals surface area contributed by atoms with Crippen molar-refractivity contribution in [3.63, 3.8) is 0 Å². The predicted molar refractivity (Wildman–Crippen MR) is 114 cm³/mol. The molecule has 0 radical (unpaired) electrons. The molecular formula is C22H25ClF6N4O. The lowest BCUT2D eigenvalue weighted by molar-refractivity contribution is -0.148. The molecule has 2 aliphatic rings. The smallest absolute Gasteiger partial charge is 0.335 e. The average Bonchev–Trinajstić information content (AvgIpc) is 3.38. The number of aromatic nitrogens is 2. The number of nitrogens with zero attached hydrogens (tertiary/aromatic N) is 3. The number of fused-ring (bicyclic) bond motifs is 1. The average molecular weight is 511 g/mol. The second-order valence-corrected chi connectivity index (χ2v) is 8.74. The lowest BCUT2D eigenvalue weighted by Gasteiger charge is -2.31. The third-order valence-electron chi connectivity index (χ3n) is 6.39. The Kier molecular flexibility index (Phi) is 7.86. The molecule has 1 aromatic heterocycles. The Morgan fingerprint density at radius 3 is 2.38 bits per heavy atom. The minimum atomic E-state index is -4.59. The molecule has 0 spiro atoms. The van der Waals surface area contributed by atoms with E-state index in [1.165, 1.54) is 4.90 Å². The maximum absolute atomic E-state index is 13.9. The first-order chi connectivity index (χ1) is 15.5. The number of halogens is 7. The van der Waals surface area contributed by atoms with Gasteiger partial charge in [0.1, 0.15) is 5.82 Å². The Morgan fingerprint density at radius 1 is 1.09 bits per heavy atom. The Balaban J connectivity index is 0.00000324. The quantitative estimate of drug-likeness (QED) is 0.468. The summed E-state index contributed by atoms with van der Waals surface area (Å²) in [5.74, 6) is -4.88. The highest BCUT2D eigenvalue weighted by atomic mass is 35.5. The van der Waals surface area contributed by atoms with Crippen molar-refractivity contribution in [3.05, 3.63) is 52.4 Å². The van der Waals surface area contributed by atoms with E-state index in [2.05, 4.69) is 4.98 Å². The van der Waals surface area contributed by atoms with Gasteiger partial charge in [0, 0.05) is 37.5 Å². The molecule has 1 aliphatic heterocycles. The summed E-state index contributed by atoms with van der Waals surface area (Å²) < 4.78 is 82.2. The van der Waals surface area contributed by atoms with Crippen molar-refractivity contribution in [1.82, 2.24) is 14.5 Å². The first-order valence-electron chi connectivity index (χ1n) is 10.9. The van der Waals surface area contributed by atoms with E-state index in [4.69, 9.17) is 5.73 Å². The van der Waals surface area contributed by atoms with Crippen LogP contribution in [0.2, 0.25) is 0 Å². The molecule has 12 heteroatoms. The van der Waals surface area contributed by atoms with Gasteiger partial charge in [-0.15, -0.1) is 12.4 Å². The van der Waals surface area contributed by atoms with E-state index >= 15 is 0 Å². The van der Waals surface area contributed by atoms with Crippen LogP contribution in [0.3, 0.4) is 0 Å². The summed E-state index contributed by atoms with van der Waals surface area (Å²) in [7, 11) is 0. The third kappa shape index (κ3) is 5.35. The molecule has 0 saturated heterocycles. The summed E-state index contributed by atoms with van der Waals surface area (Å²) in [6.45, 7) is 0.00428. The fourth-order valence-electron chi connectivity index (χ4n) is 4.78. The van der Waals surface area contributed by atoms with Crippen molar-refractivity contribution in [2.45, 2.75) is 69.8 Å². The lowest BCUT2D eigenvalue weighted by atomic mass is 10.0. The molecule has 0 bridgehead atoms. The zero-order chi connectivity index (χ0) is 23.9. The third-order valence-corrected chi connectivity index (χ3v) is 6.39. The number of rotatable bonds is 5. The van der Waals surface area contributed by atoms with Crippen molar-refractivity contribution in [2.24, 2.45) is 5.73 Å². The van der Waals surface area contributed by atoms with Crippen LogP contribution in [-0.4, -0.2) is 32.9 Å². The van der Waals surface area contributed by atoms with E-state index in [-0.39, 0.29) is 56.4 Å². The highest BCUT2D eigenvalue weighted by molar-refractivity contribution is 5.85. The molecule has 1 aliphatic carbocycles. The number of amides is 1. The standard InChI is InChI=1S/C22H24F6N4O.ClH/c23-15-10-17(25)16(24)8-13(15)7-14(29)9-19(33)31-5-6-32-18(11-31)20(12-3-1-2-4-12)30-21(32)22(26,27)28;/h8,10,12,14H,1-7,9,11,29H2;1H/t14-;/m1./s1. The van der Waals surface area contributed by atoms with Crippen LogP contribution >= 0.6 is 12.4 Å². The maximum Gasteiger partial charge on any atom is 0.449 e. The predicted octanol–water partition coefficient (Wildman–Crippen LogP) is 4.70. The normalized spacial score (nSPS) is 17.4. The number of nitrogens with two attached hydrogens (primary N) is 1. The topological polar surface area (TPSA) is 64.2 Å². The van der Waals surface area contributed by atoms with Crippen molar-refractivity contribution >= 4 is 18.3 Å². The monoisotopic (exact) mass is 510 g/mol. The van der Waals surface area contributed by atoms with Gasteiger partial charge in [0.2, 0.25) is 11.7 Å². The van der Waals surface area contributed by atoms with Crippen molar-refractivity contribution in [3.8, 4) is 0 Å². The minimum Gasteiger partial charge on any atom is -0.335 e. The van der Waals surface area contributed by atoms with Gasteiger partial charge in [0.05, 0.1) is 17.9 Å². The van der Waals surface area contributed by atoms with Crippen LogP contribution in [0.5, 0.6) is 0 Å².